The first kappa shape index (κ1) is 18.0. The van der Waals surface area contributed by atoms with Gasteiger partial charge in [-0.15, -0.1) is 0 Å². The summed E-state index contributed by atoms with van der Waals surface area (Å²) >= 11 is 0. The normalized spacial score (nSPS) is 17.1. The summed E-state index contributed by atoms with van der Waals surface area (Å²) in [5, 5.41) is 3.03. The number of rotatable bonds is 6. The van der Waals surface area contributed by atoms with Gasteiger partial charge in [-0.2, -0.15) is 0 Å². The quantitative estimate of drug-likeness (QED) is 0.476. The van der Waals surface area contributed by atoms with E-state index in [-0.39, 0.29) is 24.3 Å². The number of carbonyl (C=O) groups excluding carboxylic acids is 2. The predicted molar refractivity (Wildman–Crippen MR) is 95.8 cm³/mol. The topological polar surface area (TPSA) is 87.8 Å². The van der Waals surface area contributed by atoms with E-state index in [1.807, 2.05) is 12.1 Å². The number of hydrogen-bond acceptors (Lipinski definition) is 3. The maximum absolute atomic E-state index is 11.7. The number of benzene rings is 1. The number of piperidine rings is 1. The third-order valence-electron chi connectivity index (χ3n) is 4.35. The molecule has 1 aliphatic heterocycles. The summed E-state index contributed by atoms with van der Waals surface area (Å²) in [5.41, 5.74) is 8.03. The fourth-order valence-corrected chi connectivity index (χ4v) is 2.64. The molecule has 1 aromatic carbocycles. The Labute approximate surface area is 143 Å². The zero-order valence-corrected chi connectivity index (χ0v) is 14.4. The third-order valence-corrected chi connectivity index (χ3v) is 4.35. The SMILES string of the molecule is CCC(C)c1ccc(NC(N)=NCCN2C(=O)CCCC2=O)cc1. The lowest BCUT2D eigenvalue weighted by Gasteiger charge is -2.24. The Morgan fingerprint density at radius 3 is 2.46 bits per heavy atom. The number of guanidine groups is 1. The summed E-state index contributed by atoms with van der Waals surface area (Å²) < 4.78 is 0. The second-order valence-corrected chi connectivity index (χ2v) is 6.12. The minimum absolute atomic E-state index is 0.117. The lowest BCUT2D eigenvalue weighted by Crippen LogP contribution is -2.41. The number of nitrogens with one attached hydrogen (secondary N) is 1. The molecular weight excluding hydrogens is 304 g/mol. The highest BCUT2D eigenvalue weighted by molar-refractivity contribution is 5.97. The lowest BCUT2D eigenvalue weighted by atomic mass is 9.99. The first-order valence-electron chi connectivity index (χ1n) is 8.51. The van der Waals surface area contributed by atoms with Gasteiger partial charge in [-0.25, -0.2) is 0 Å². The number of imide groups is 1. The van der Waals surface area contributed by atoms with Crippen molar-refractivity contribution in [2.75, 3.05) is 18.4 Å². The molecule has 1 saturated heterocycles. The Morgan fingerprint density at radius 2 is 1.88 bits per heavy atom. The van der Waals surface area contributed by atoms with E-state index in [9.17, 15) is 9.59 Å². The van der Waals surface area contributed by atoms with Gasteiger partial charge in [0.2, 0.25) is 11.8 Å². The van der Waals surface area contributed by atoms with Crippen LogP contribution >= 0.6 is 0 Å². The van der Waals surface area contributed by atoms with Crippen LogP contribution in [0, 0.1) is 0 Å². The fraction of sp³-hybridized carbons (Fsp3) is 0.500. The van der Waals surface area contributed by atoms with Gasteiger partial charge in [0, 0.05) is 25.1 Å². The van der Waals surface area contributed by atoms with Crippen LogP contribution in [0.2, 0.25) is 0 Å². The number of likely N-dealkylation sites (tertiary alicyclic amines) is 1. The van der Waals surface area contributed by atoms with Crippen molar-refractivity contribution in [1.29, 1.82) is 0 Å². The molecule has 6 heteroatoms. The van der Waals surface area contributed by atoms with Crippen molar-refractivity contribution in [3.8, 4) is 0 Å². The molecule has 0 aliphatic carbocycles. The summed E-state index contributed by atoms with van der Waals surface area (Å²) in [6, 6.07) is 8.10. The monoisotopic (exact) mass is 330 g/mol. The van der Waals surface area contributed by atoms with Gasteiger partial charge in [0.05, 0.1) is 6.54 Å². The van der Waals surface area contributed by atoms with Gasteiger partial charge in [-0.3, -0.25) is 19.5 Å². The zero-order valence-electron chi connectivity index (χ0n) is 14.4. The molecule has 1 heterocycles. The average Bonchev–Trinajstić information content (AvgIpc) is 2.57. The van der Waals surface area contributed by atoms with E-state index in [0.29, 0.717) is 31.7 Å². The third kappa shape index (κ3) is 4.81. The number of aliphatic imine (C=N–C) groups is 1. The van der Waals surface area contributed by atoms with Crippen molar-refractivity contribution < 1.29 is 9.59 Å². The van der Waals surface area contributed by atoms with Gasteiger partial charge >= 0.3 is 0 Å². The lowest BCUT2D eigenvalue weighted by molar-refractivity contribution is -0.147. The highest BCUT2D eigenvalue weighted by Gasteiger charge is 2.24. The Bertz CT molecular complexity index is 594. The summed E-state index contributed by atoms with van der Waals surface area (Å²) in [4.78, 5) is 28.9. The molecule has 24 heavy (non-hydrogen) atoms. The Balaban J connectivity index is 1.85. The fourth-order valence-electron chi connectivity index (χ4n) is 2.64. The number of anilines is 1. The molecule has 1 aliphatic rings. The molecule has 2 rings (SSSR count). The highest BCUT2D eigenvalue weighted by Crippen LogP contribution is 2.20. The summed E-state index contributed by atoms with van der Waals surface area (Å²) in [6.07, 6.45) is 2.62. The minimum atomic E-state index is -0.117. The molecule has 130 valence electrons. The van der Waals surface area contributed by atoms with Gasteiger partial charge in [0.1, 0.15) is 0 Å². The van der Waals surface area contributed by atoms with Gasteiger partial charge in [0.25, 0.3) is 0 Å². The first-order valence-corrected chi connectivity index (χ1v) is 8.51. The van der Waals surface area contributed by atoms with E-state index < -0.39 is 0 Å². The molecule has 3 N–H and O–H groups in total. The minimum Gasteiger partial charge on any atom is -0.370 e. The maximum atomic E-state index is 11.7. The molecular formula is C18H26N4O2. The smallest absolute Gasteiger partial charge is 0.229 e. The molecule has 0 spiro atoms. The molecule has 2 amide bonds. The van der Waals surface area contributed by atoms with E-state index in [1.54, 1.807) is 0 Å². The number of nitrogens with two attached hydrogens (primary N) is 1. The van der Waals surface area contributed by atoms with Crippen molar-refractivity contribution in [1.82, 2.24) is 4.90 Å². The van der Waals surface area contributed by atoms with Crippen LogP contribution in [0.4, 0.5) is 5.69 Å². The van der Waals surface area contributed by atoms with Crippen molar-refractivity contribution in [2.45, 2.75) is 45.4 Å². The molecule has 1 fully saturated rings. The van der Waals surface area contributed by atoms with Crippen LogP contribution in [0.5, 0.6) is 0 Å². The second kappa shape index (κ2) is 8.47. The standard InChI is InChI=1S/C18H26N4O2/c1-3-13(2)14-7-9-15(10-8-14)21-18(19)20-11-12-22-16(23)5-4-6-17(22)24/h7-10,13H,3-6,11-12H2,1-2H3,(H3,19,20,21). The van der Waals surface area contributed by atoms with Crippen molar-refractivity contribution in [3.05, 3.63) is 29.8 Å². The van der Waals surface area contributed by atoms with Gasteiger partial charge < -0.3 is 11.1 Å². The van der Waals surface area contributed by atoms with Gasteiger partial charge in [-0.1, -0.05) is 26.0 Å². The predicted octanol–water partition coefficient (Wildman–Crippen LogP) is 2.47. The number of amides is 2. The Morgan fingerprint density at radius 1 is 1.25 bits per heavy atom. The largest absolute Gasteiger partial charge is 0.370 e. The molecule has 0 saturated carbocycles. The van der Waals surface area contributed by atoms with Gasteiger partial charge in [0.15, 0.2) is 5.96 Å². The molecule has 0 aromatic heterocycles. The van der Waals surface area contributed by atoms with Crippen molar-refractivity contribution >= 4 is 23.5 Å². The highest BCUT2D eigenvalue weighted by atomic mass is 16.2. The van der Waals surface area contributed by atoms with Gasteiger partial charge in [-0.05, 0) is 36.5 Å². The average molecular weight is 330 g/mol. The molecule has 0 radical (unpaired) electrons. The summed E-state index contributed by atoms with van der Waals surface area (Å²) in [5.74, 6) is 0.579. The van der Waals surface area contributed by atoms with E-state index >= 15 is 0 Å². The Kier molecular flexibility index (Phi) is 6.35. The number of hydrogen-bond donors (Lipinski definition) is 2. The molecule has 1 atom stereocenters. The molecule has 1 unspecified atom stereocenters. The van der Waals surface area contributed by atoms with Crippen LogP contribution in [0.25, 0.3) is 0 Å². The first-order chi connectivity index (χ1) is 11.5. The van der Waals surface area contributed by atoms with Crippen LogP contribution in [-0.2, 0) is 9.59 Å². The van der Waals surface area contributed by atoms with Crippen LogP contribution in [-0.4, -0.2) is 35.8 Å². The van der Waals surface area contributed by atoms with Crippen LogP contribution in [0.15, 0.2) is 29.3 Å². The van der Waals surface area contributed by atoms with E-state index in [4.69, 9.17) is 5.73 Å². The van der Waals surface area contributed by atoms with E-state index in [2.05, 4.69) is 36.3 Å². The van der Waals surface area contributed by atoms with Crippen LogP contribution in [0.1, 0.15) is 51.0 Å². The summed E-state index contributed by atoms with van der Waals surface area (Å²) in [6.45, 7) is 4.95. The second-order valence-electron chi connectivity index (χ2n) is 6.12. The van der Waals surface area contributed by atoms with Crippen LogP contribution < -0.4 is 11.1 Å². The van der Waals surface area contributed by atoms with Crippen LogP contribution in [0.3, 0.4) is 0 Å². The molecule has 1 aromatic rings. The number of carbonyl (C=O) groups is 2. The van der Waals surface area contributed by atoms with Crippen molar-refractivity contribution in [3.63, 3.8) is 0 Å². The molecule has 0 bridgehead atoms. The van der Waals surface area contributed by atoms with Crippen molar-refractivity contribution in [2.24, 2.45) is 10.7 Å². The van der Waals surface area contributed by atoms with E-state index in [1.165, 1.54) is 10.5 Å². The van der Waals surface area contributed by atoms with E-state index in [0.717, 1.165) is 12.1 Å². The maximum Gasteiger partial charge on any atom is 0.229 e. The number of nitrogens with zero attached hydrogens (tertiary/aromatic N) is 2. The summed E-state index contributed by atoms with van der Waals surface area (Å²) in [7, 11) is 0. The molecule has 6 nitrogen and oxygen atoms in total. The zero-order chi connectivity index (χ0) is 17.5. The Hall–Kier alpha value is -2.37.